The molecule has 2 amide bonds. The van der Waals surface area contributed by atoms with Gasteiger partial charge in [-0.15, -0.1) is 11.8 Å². The van der Waals surface area contributed by atoms with E-state index in [9.17, 15) is 9.59 Å². The molecule has 33 heavy (non-hydrogen) atoms. The van der Waals surface area contributed by atoms with Crippen LogP contribution in [-0.2, 0) is 5.75 Å². The van der Waals surface area contributed by atoms with Crippen molar-refractivity contribution in [1.29, 1.82) is 0 Å². The number of nitrogens with one attached hydrogen (secondary N) is 2. The van der Waals surface area contributed by atoms with E-state index < -0.39 is 0 Å². The zero-order valence-corrected chi connectivity index (χ0v) is 18.4. The Morgan fingerprint density at radius 2 is 1.70 bits per heavy atom. The van der Waals surface area contributed by atoms with Gasteiger partial charge in [0.2, 0.25) is 0 Å². The number of pyridine rings is 1. The molecule has 1 aliphatic heterocycles. The summed E-state index contributed by atoms with van der Waals surface area (Å²) >= 11 is 1.80. The van der Waals surface area contributed by atoms with Gasteiger partial charge in [0, 0.05) is 46.7 Å². The van der Waals surface area contributed by atoms with E-state index in [1.807, 2.05) is 42.7 Å². The van der Waals surface area contributed by atoms with Crippen LogP contribution in [0.15, 0.2) is 91.4 Å². The SMILES string of the molecule is O.O=C(Nc1cccc(C(=O)Nc2ccn3c2CSC3c2cccnc2)c1)c1ccccc1. The molecule has 0 saturated carbocycles. The highest BCUT2D eigenvalue weighted by atomic mass is 32.2. The van der Waals surface area contributed by atoms with E-state index in [1.165, 1.54) is 0 Å². The van der Waals surface area contributed by atoms with Gasteiger partial charge in [-0.25, -0.2) is 0 Å². The Labute approximate surface area is 195 Å². The minimum Gasteiger partial charge on any atom is -0.412 e. The Morgan fingerprint density at radius 3 is 2.48 bits per heavy atom. The first kappa shape index (κ1) is 22.3. The van der Waals surface area contributed by atoms with E-state index in [-0.39, 0.29) is 22.7 Å². The summed E-state index contributed by atoms with van der Waals surface area (Å²) in [7, 11) is 0. The van der Waals surface area contributed by atoms with Crippen LogP contribution in [-0.4, -0.2) is 26.8 Å². The molecule has 0 bridgehead atoms. The fraction of sp³-hybridized carbons (Fsp3) is 0.0800. The van der Waals surface area contributed by atoms with Crippen molar-refractivity contribution >= 4 is 35.0 Å². The molecule has 5 rings (SSSR count). The van der Waals surface area contributed by atoms with Crippen LogP contribution in [0.1, 0.15) is 37.3 Å². The van der Waals surface area contributed by atoms with Crippen molar-refractivity contribution in [2.24, 2.45) is 0 Å². The summed E-state index contributed by atoms with van der Waals surface area (Å²) in [5.74, 6) is 0.367. The fourth-order valence-corrected chi connectivity index (χ4v) is 5.02. The number of nitrogens with zero attached hydrogens (tertiary/aromatic N) is 2. The zero-order chi connectivity index (χ0) is 21.9. The number of anilines is 2. The molecule has 1 atom stereocenters. The second-order valence-electron chi connectivity index (χ2n) is 7.39. The van der Waals surface area contributed by atoms with E-state index in [1.54, 1.807) is 54.4 Å². The normalized spacial score (nSPS) is 14.1. The van der Waals surface area contributed by atoms with Crippen molar-refractivity contribution in [3.05, 3.63) is 114 Å². The summed E-state index contributed by atoms with van der Waals surface area (Å²) in [6.45, 7) is 0. The fourth-order valence-electron chi connectivity index (χ4n) is 3.71. The highest BCUT2D eigenvalue weighted by molar-refractivity contribution is 7.99. The van der Waals surface area contributed by atoms with Crippen LogP contribution in [0.4, 0.5) is 11.4 Å². The lowest BCUT2D eigenvalue weighted by Crippen LogP contribution is -2.15. The molecule has 1 unspecified atom stereocenters. The van der Waals surface area contributed by atoms with Crippen molar-refractivity contribution in [3.8, 4) is 0 Å². The quantitative estimate of drug-likeness (QED) is 0.463. The van der Waals surface area contributed by atoms with Crippen molar-refractivity contribution in [2.45, 2.75) is 11.1 Å². The molecule has 3 heterocycles. The average molecular weight is 459 g/mol. The van der Waals surface area contributed by atoms with Gasteiger partial charge in [0.15, 0.2) is 0 Å². The summed E-state index contributed by atoms with van der Waals surface area (Å²) in [4.78, 5) is 29.5. The number of aromatic nitrogens is 2. The molecule has 7 nitrogen and oxygen atoms in total. The molecule has 8 heteroatoms. The van der Waals surface area contributed by atoms with Gasteiger partial charge in [-0.3, -0.25) is 14.6 Å². The summed E-state index contributed by atoms with van der Waals surface area (Å²) in [6.07, 6.45) is 5.64. The monoisotopic (exact) mass is 458 g/mol. The standard InChI is InChI=1S/C25H20N4O2S.H2O/c30-23(17-6-2-1-3-7-17)27-20-10-4-8-18(14-20)24(31)28-21-11-13-29-22(21)16-32-25(29)19-9-5-12-26-15-19;/h1-15,25H,16H2,(H,27,30)(H,28,31);1H2. The first-order chi connectivity index (χ1) is 15.7. The van der Waals surface area contributed by atoms with E-state index in [0.29, 0.717) is 16.8 Å². The molecular weight excluding hydrogens is 436 g/mol. The topological polar surface area (TPSA) is 108 Å². The molecule has 4 aromatic rings. The number of benzene rings is 2. The molecule has 0 radical (unpaired) electrons. The number of hydrogen-bond acceptors (Lipinski definition) is 4. The third kappa shape index (κ3) is 4.67. The number of fused-ring (bicyclic) bond motifs is 1. The zero-order valence-electron chi connectivity index (χ0n) is 17.6. The molecule has 2 aromatic heterocycles. The van der Waals surface area contributed by atoms with Crippen molar-refractivity contribution in [2.75, 3.05) is 10.6 Å². The van der Waals surface area contributed by atoms with Crippen LogP contribution in [0.5, 0.6) is 0 Å². The highest BCUT2D eigenvalue weighted by Crippen LogP contribution is 2.43. The van der Waals surface area contributed by atoms with E-state index >= 15 is 0 Å². The van der Waals surface area contributed by atoms with E-state index in [4.69, 9.17) is 0 Å². The molecule has 166 valence electrons. The van der Waals surface area contributed by atoms with Crippen LogP contribution in [0, 0.1) is 0 Å². The molecular formula is C25H22N4O3S. The maximum atomic E-state index is 12.9. The van der Waals surface area contributed by atoms with E-state index in [2.05, 4.69) is 26.3 Å². The number of rotatable bonds is 5. The van der Waals surface area contributed by atoms with Gasteiger partial charge in [-0.2, -0.15) is 0 Å². The lowest BCUT2D eigenvalue weighted by molar-refractivity contribution is 0.101. The van der Waals surface area contributed by atoms with Crippen LogP contribution < -0.4 is 10.6 Å². The molecule has 0 aliphatic carbocycles. The minimum absolute atomic E-state index is 0. The Hall–Kier alpha value is -3.88. The van der Waals surface area contributed by atoms with Gasteiger partial charge < -0.3 is 20.7 Å². The third-order valence-corrected chi connectivity index (χ3v) is 6.55. The van der Waals surface area contributed by atoms with Crippen LogP contribution >= 0.6 is 11.8 Å². The highest BCUT2D eigenvalue weighted by Gasteiger charge is 2.27. The molecule has 0 spiro atoms. The Kier molecular flexibility index (Phi) is 6.58. The third-order valence-electron chi connectivity index (χ3n) is 5.29. The molecule has 4 N–H and O–H groups in total. The van der Waals surface area contributed by atoms with Crippen LogP contribution in [0.2, 0.25) is 0 Å². The minimum atomic E-state index is -0.218. The second kappa shape index (κ2) is 9.72. The van der Waals surface area contributed by atoms with Crippen LogP contribution in [0.25, 0.3) is 0 Å². The number of hydrogen-bond donors (Lipinski definition) is 2. The molecule has 2 aromatic carbocycles. The van der Waals surface area contributed by atoms with Gasteiger partial charge in [-0.1, -0.05) is 30.3 Å². The Morgan fingerprint density at radius 1 is 0.909 bits per heavy atom. The summed E-state index contributed by atoms with van der Waals surface area (Å²) in [5.41, 5.74) is 4.61. The van der Waals surface area contributed by atoms with Gasteiger partial charge in [-0.05, 0) is 42.5 Å². The van der Waals surface area contributed by atoms with Gasteiger partial charge in [0.1, 0.15) is 5.37 Å². The lowest BCUT2D eigenvalue weighted by atomic mass is 10.1. The first-order valence-corrected chi connectivity index (χ1v) is 11.2. The maximum Gasteiger partial charge on any atom is 0.255 e. The van der Waals surface area contributed by atoms with Crippen molar-refractivity contribution in [3.63, 3.8) is 0 Å². The lowest BCUT2D eigenvalue weighted by Gasteiger charge is -2.12. The van der Waals surface area contributed by atoms with Gasteiger partial charge >= 0.3 is 0 Å². The second-order valence-corrected chi connectivity index (χ2v) is 8.46. The first-order valence-electron chi connectivity index (χ1n) is 10.2. The van der Waals surface area contributed by atoms with Gasteiger partial charge in [0.05, 0.1) is 11.4 Å². The van der Waals surface area contributed by atoms with Crippen molar-refractivity contribution in [1.82, 2.24) is 9.55 Å². The average Bonchev–Trinajstić information content (AvgIpc) is 3.43. The Bertz CT molecular complexity index is 1280. The summed E-state index contributed by atoms with van der Waals surface area (Å²) < 4.78 is 2.17. The summed E-state index contributed by atoms with van der Waals surface area (Å²) in [6, 6.07) is 21.8. The van der Waals surface area contributed by atoms with Gasteiger partial charge in [0.25, 0.3) is 11.8 Å². The van der Waals surface area contributed by atoms with Crippen molar-refractivity contribution < 1.29 is 15.1 Å². The number of carbonyl (C=O) groups excluding carboxylic acids is 2. The molecule has 1 aliphatic rings. The predicted molar refractivity (Wildman–Crippen MR) is 131 cm³/mol. The molecule has 0 fully saturated rings. The van der Waals surface area contributed by atoms with Crippen LogP contribution in [0.3, 0.4) is 0 Å². The Balaban J connectivity index is 0.00000259. The smallest absolute Gasteiger partial charge is 0.255 e. The van der Waals surface area contributed by atoms with E-state index in [0.717, 1.165) is 22.7 Å². The predicted octanol–water partition coefficient (Wildman–Crippen LogP) is 4.36. The summed E-state index contributed by atoms with van der Waals surface area (Å²) in [5, 5.41) is 6.02. The largest absolute Gasteiger partial charge is 0.412 e. The number of thioether (sulfide) groups is 1. The number of amides is 2. The molecule has 0 saturated heterocycles. The maximum absolute atomic E-state index is 12.9. The number of carbonyl (C=O) groups is 2.